The molecule has 0 saturated carbocycles. The van der Waals surface area contributed by atoms with Gasteiger partial charge < -0.3 is 4.90 Å². The van der Waals surface area contributed by atoms with Crippen LogP contribution in [0.2, 0.25) is 0 Å². The first kappa shape index (κ1) is 27.8. The Morgan fingerprint density at radius 1 is 0.652 bits per heavy atom. The quantitative estimate of drug-likeness (QED) is 0.545. The standard InChI is InChI=1S/C9H19N.C7H15N.2C2H6.CH4/c1-9(2,3)10-7-5-4-6-8-10;1-7(2)8-5-3-4-6-8;2*1-2;/h4-8H2,1-3H3;7H,3-6H2,1-2H3;2*1-2H3;1H4. The molecule has 0 spiro atoms. The van der Waals surface area contributed by atoms with E-state index in [4.69, 9.17) is 0 Å². The van der Waals surface area contributed by atoms with E-state index >= 15 is 0 Å². The van der Waals surface area contributed by atoms with Gasteiger partial charge in [0.05, 0.1) is 0 Å². The van der Waals surface area contributed by atoms with Gasteiger partial charge in [-0.25, -0.2) is 0 Å². The van der Waals surface area contributed by atoms with Gasteiger partial charge in [-0.2, -0.15) is 0 Å². The molecule has 2 fully saturated rings. The minimum Gasteiger partial charge on any atom is -0.301 e. The van der Waals surface area contributed by atoms with Crippen LogP contribution in [-0.4, -0.2) is 47.6 Å². The topological polar surface area (TPSA) is 6.48 Å². The highest BCUT2D eigenvalue weighted by molar-refractivity contribution is 4.78. The van der Waals surface area contributed by atoms with Gasteiger partial charge >= 0.3 is 0 Å². The predicted molar refractivity (Wildman–Crippen MR) is 111 cm³/mol. The molecular weight excluding hydrogens is 280 g/mol. The fourth-order valence-corrected chi connectivity index (χ4v) is 2.82. The first-order valence-corrected chi connectivity index (χ1v) is 9.90. The zero-order valence-corrected chi connectivity index (χ0v) is 17.3. The van der Waals surface area contributed by atoms with Crippen LogP contribution in [0, 0.1) is 0 Å². The summed E-state index contributed by atoms with van der Waals surface area (Å²) in [5, 5.41) is 0. The van der Waals surface area contributed by atoms with Crippen molar-refractivity contribution in [3.8, 4) is 0 Å². The Hall–Kier alpha value is -0.0800. The summed E-state index contributed by atoms with van der Waals surface area (Å²) in [6, 6.07) is 0.775. The summed E-state index contributed by atoms with van der Waals surface area (Å²) in [6.07, 6.45) is 7.07. The van der Waals surface area contributed by atoms with Crippen LogP contribution in [0.3, 0.4) is 0 Å². The maximum Gasteiger partial charge on any atom is 0.0125 e. The molecule has 2 saturated heterocycles. The van der Waals surface area contributed by atoms with Crippen molar-refractivity contribution in [3.05, 3.63) is 0 Å². The number of nitrogens with zero attached hydrogens (tertiary/aromatic N) is 2. The van der Waals surface area contributed by atoms with Gasteiger partial charge in [0, 0.05) is 11.6 Å². The van der Waals surface area contributed by atoms with Crippen LogP contribution < -0.4 is 0 Å². The van der Waals surface area contributed by atoms with E-state index < -0.39 is 0 Å². The number of piperidine rings is 1. The lowest BCUT2D eigenvalue weighted by atomic mass is 10.0. The summed E-state index contributed by atoms with van der Waals surface area (Å²) >= 11 is 0. The highest BCUT2D eigenvalue weighted by Crippen LogP contribution is 2.19. The molecular formula is C21H50N2. The highest BCUT2D eigenvalue weighted by atomic mass is 15.2. The zero-order chi connectivity index (χ0) is 17.6. The van der Waals surface area contributed by atoms with Gasteiger partial charge in [-0.1, -0.05) is 41.5 Å². The van der Waals surface area contributed by atoms with E-state index in [2.05, 4.69) is 44.4 Å². The molecule has 2 heterocycles. The average Bonchev–Trinajstić information content (AvgIpc) is 3.07. The predicted octanol–water partition coefficient (Wildman–Crippen LogP) is 6.45. The van der Waals surface area contributed by atoms with Gasteiger partial charge in [0.2, 0.25) is 0 Å². The van der Waals surface area contributed by atoms with E-state index in [0.29, 0.717) is 5.54 Å². The fraction of sp³-hybridized carbons (Fsp3) is 1.00. The normalized spacial score (nSPS) is 18.5. The van der Waals surface area contributed by atoms with Crippen molar-refractivity contribution in [1.82, 2.24) is 9.80 Å². The number of rotatable bonds is 1. The molecule has 144 valence electrons. The molecule has 0 amide bonds. The second-order valence-corrected chi connectivity index (χ2v) is 7.06. The first-order valence-electron chi connectivity index (χ1n) is 9.90. The lowest BCUT2D eigenvalue weighted by molar-refractivity contribution is 0.111. The van der Waals surface area contributed by atoms with E-state index in [0.717, 1.165) is 6.04 Å². The molecule has 2 aliphatic rings. The fourth-order valence-electron chi connectivity index (χ4n) is 2.82. The summed E-state index contributed by atoms with van der Waals surface area (Å²) in [5.41, 5.74) is 0.403. The number of likely N-dealkylation sites (tertiary alicyclic amines) is 2. The van der Waals surface area contributed by atoms with Crippen LogP contribution in [0.1, 0.15) is 102 Å². The molecule has 2 rings (SSSR count). The largest absolute Gasteiger partial charge is 0.301 e. The highest BCUT2D eigenvalue weighted by Gasteiger charge is 2.22. The Bertz CT molecular complexity index is 206. The Morgan fingerprint density at radius 3 is 1.22 bits per heavy atom. The lowest BCUT2D eigenvalue weighted by Gasteiger charge is -2.38. The van der Waals surface area contributed by atoms with Gasteiger partial charge in [0.1, 0.15) is 0 Å². The van der Waals surface area contributed by atoms with Crippen molar-refractivity contribution in [2.75, 3.05) is 26.2 Å². The molecule has 0 aromatic heterocycles. The van der Waals surface area contributed by atoms with Crippen LogP contribution in [-0.2, 0) is 0 Å². The van der Waals surface area contributed by atoms with Crippen LogP contribution in [0.4, 0.5) is 0 Å². The van der Waals surface area contributed by atoms with E-state index in [9.17, 15) is 0 Å². The Balaban J connectivity index is -0.000000280. The monoisotopic (exact) mass is 330 g/mol. The average molecular weight is 331 g/mol. The Kier molecular flexibility index (Phi) is 20.2. The van der Waals surface area contributed by atoms with Crippen LogP contribution >= 0.6 is 0 Å². The van der Waals surface area contributed by atoms with Crippen molar-refractivity contribution in [2.45, 2.75) is 113 Å². The second-order valence-electron chi connectivity index (χ2n) is 7.06. The third kappa shape index (κ3) is 14.0. The summed E-state index contributed by atoms with van der Waals surface area (Å²) in [5.74, 6) is 0. The van der Waals surface area contributed by atoms with Crippen molar-refractivity contribution in [3.63, 3.8) is 0 Å². The van der Waals surface area contributed by atoms with Gasteiger partial charge in [-0.15, -0.1) is 0 Å². The molecule has 0 radical (unpaired) electrons. The summed E-state index contributed by atoms with van der Waals surface area (Å²) in [7, 11) is 0. The van der Waals surface area contributed by atoms with Gasteiger partial charge in [0.15, 0.2) is 0 Å². The van der Waals surface area contributed by atoms with Gasteiger partial charge in [0.25, 0.3) is 0 Å². The molecule has 0 unspecified atom stereocenters. The Morgan fingerprint density at radius 2 is 1.00 bits per heavy atom. The van der Waals surface area contributed by atoms with Gasteiger partial charge in [-0.3, -0.25) is 4.90 Å². The van der Waals surface area contributed by atoms with Gasteiger partial charge in [-0.05, 0) is 86.5 Å². The SMILES string of the molecule is C.CC.CC.CC(C)(C)N1CCCCC1.CC(C)N1CCCC1. The van der Waals surface area contributed by atoms with Crippen LogP contribution in [0.5, 0.6) is 0 Å². The maximum atomic E-state index is 2.58. The second kappa shape index (κ2) is 16.8. The minimum absolute atomic E-state index is 0. The van der Waals surface area contributed by atoms with Crippen molar-refractivity contribution < 1.29 is 0 Å². The van der Waals surface area contributed by atoms with Crippen molar-refractivity contribution >= 4 is 0 Å². The molecule has 0 N–H and O–H groups in total. The van der Waals surface area contributed by atoms with Crippen LogP contribution in [0.15, 0.2) is 0 Å². The van der Waals surface area contributed by atoms with E-state index in [1.807, 2.05) is 27.7 Å². The van der Waals surface area contributed by atoms with Crippen molar-refractivity contribution in [2.24, 2.45) is 0 Å². The molecule has 2 aliphatic heterocycles. The molecule has 0 bridgehead atoms. The van der Waals surface area contributed by atoms with E-state index in [1.165, 1.54) is 58.3 Å². The third-order valence-corrected chi connectivity index (χ3v) is 4.18. The smallest absolute Gasteiger partial charge is 0.0125 e. The van der Waals surface area contributed by atoms with E-state index in [-0.39, 0.29) is 7.43 Å². The lowest BCUT2D eigenvalue weighted by Crippen LogP contribution is -2.44. The van der Waals surface area contributed by atoms with Crippen molar-refractivity contribution in [1.29, 1.82) is 0 Å². The molecule has 2 nitrogen and oxygen atoms in total. The van der Waals surface area contributed by atoms with Crippen LogP contribution in [0.25, 0.3) is 0 Å². The first-order chi connectivity index (χ1) is 10.4. The zero-order valence-electron chi connectivity index (χ0n) is 17.3. The van der Waals surface area contributed by atoms with E-state index in [1.54, 1.807) is 0 Å². The molecule has 0 aromatic carbocycles. The number of hydrogen-bond donors (Lipinski definition) is 0. The molecule has 0 aromatic rings. The third-order valence-electron chi connectivity index (χ3n) is 4.18. The summed E-state index contributed by atoms with van der Waals surface area (Å²) in [4.78, 5) is 5.11. The Labute approximate surface area is 150 Å². The molecule has 0 atom stereocenters. The maximum absolute atomic E-state index is 2.58. The molecule has 2 heteroatoms. The molecule has 0 aliphatic carbocycles. The summed E-state index contributed by atoms with van der Waals surface area (Å²) < 4.78 is 0. The summed E-state index contributed by atoms with van der Waals surface area (Å²) in [6.45, 7) is 24.7. The minimum atomic E-state index is 0. The number of hydrogen-bond acceptors (Lipinski definition) is 2. The molecule has 23 heavy (non-hydrogen) atoms.